The molecule has 2 aromatic carbocycles. The van der Waals surface area contributed by atoms with Crippen molar-refractivity contribution in [1.82, 2.24) is 5.32 Å². The summed E-state index contributed by atoms with van der Waals surface area (Å²) >= 11 is 2.24. The third kappa shape index (κ3) is 7.93. The highest BCUT2D eigenvalue weighted by Crippen LogP contribution is 2.29. The van der Waals surface area contributed by atoms with Gasteiger partial charge in [0.05, 0.1) is 3.57 Å². The van der Waals surface area contributed by atoms with Crippen LogP contribution in [0.1, 0.15) is 26.3 Å². The molecule has 7 heteroatoms. The van der Waals surface area contributed by atoms with E-state index < -0.39 is 11.7 Å². The molecule has 0 fully saturated rings. The molecule has 0 spiro atoms. The molecule has 0 bridgehead atoms. The van der Waals surface area contributed by atoms with Gasteiger partial charge in [0.1, 0.15) is 22.8 Å². The van der Waals surface area contributed by atoms with Gasteiger partial charge in [-0.15, -0.1) is 0 Å². The Kier molecular flexibility index (Phi) is 8.37. The van der Waals surface area contributed by atoms with Crippen molar-refractivity contribution in [1.29, 1.82) is 0 Å². The predicted molar refractivity (Wildman–Crippen MR) is 116 cm³/mol. The van der Waals surface area contributed by atoms with Gasteiger partial charge >= 0.3 is 6.09 Å². The van der Waals surface area contributed by atoms with E-state index in [1.54, 1.807) is 7.11 Å². The fraction of sp³-hybridized carbons (Fsp3) is 0.381. The molecule has 0 aliphatic rings. The summed E-state index contributed by atoms with van der Waals surface area (Å²) in [6, 6.07) is 13.3. The van der Waals surface area contributed by atoms with Crippen molar-refractivity contribution in [3.63, 3.8) is 0 Å². The Balaban J connectivity index is 1.87. The summed E-state index contributed by atoms with van der Waals surface area (Å²) in [4.78, 5) is 11.7. The summed E-state index contributed by atoms with van der Waals surface area (Å²) in [5.74, 6) is 2.22. The Morgan fingerprint density at radius 1 is 1.07 bits per heavy atom. The van der Waals surface area contributed by atoms with Gasteiger partial charge in [0.2, 0.25) is 0 Å². The largest absolute Gasteiger partial charge is 0.468 e. The summed E-state index contributed by atoms with van der Waals surface area (Å²) in [5.41, 5.74) is 0.614. The number of rotatable bonds is 8. The summed E-state index contributed by atoms with van der Waals surface area (Å²) in [6.45, 7) is 6.24. The number of carbonyl (C=O) groups is 1. The maximum Gasteiger partial charge on any atom is 0.407 e. The van der Waals surface area contributed by atoms with Crippen molar-refractivity contribution in [3.05, 3.63) is 51.6 Å². The Labute approximate surface area is 179 Å². The zero-order chi connectivity index (χ0) is 20.6. The zero-order valence-electron chi connectivity index (χ0n) is 16.6. The van der Waals surface area contributed by atoms with Crippen LogP contribution in [0, 0.1) is 3.57 Å². The van der Waals surface area contributed by atoms with Crippen LogP contribution in [-0.2, 0) is 15.9 Å². The van der Waals surface area contributed by atoms with Crippen molar-refractivity contribution in [2.75, 3.05) is 20.4 Å². The standard InChI is InChI=1S/C21H26INO5/c1-21(2,3)28-20(24)23-12-11-15-5-10-19(18(22)13-15)27-17-8-6-16(7-9-17)26-14-25-4/h5-10,13H,11-12,14H2,1-4H3,(H,23,24). The number of nitrogens with one attached hydrogen (secondary N) is 1. The molecule has 0 aromatic heterocycles. The smallest absolute Gasteiger partial charge is 0.407 e. The summed E-state index contributed by atoms with van der Waals surface area (Å²) in [5, 5.41) is 2.77. The molecule has 0 radical (unpaired) electrons. The van der Waals surface area contributed by atoms with Gasteiger partial charge in [-0.1, -0.05) is 6.07 Å². The molecule has 2 rings (SSSR count). The van der Waals surface area contributed by atoms with Gasteiger partial charge in [0.25, 0.3) is 0 Å². The predicted octanol–water partition coefficient (Wildman–Crippen LogP) is 5.13. The van der Waals surface area contributed by atoms with Crippen molar-refractivity contribution >= 4 is 28.7 Å². The van der Waals surface area contributed by atoms with Crippen molar-refractivity contribution < 1.29 is 23.7 Å². The first-order chi connectivity index (χ1) is 13.3. The molecule has 6 nitrogen and oxygen atoms in total. The van der Waals surface area contributed by atoms with E-state index in [1.165, 1.54) is 0 Å². The van der Waals surface area contributed by atoms with E-state index in [-0.39, 0.29) is 6.79 Å². The van der Waals surface area contributed by atoms with Crippen molar-refractivity contribution in [2.45, 2.75) is 32.8 Å². The number of hydrogen-bond acceptors (Lipinski definition) is 5. The van der Waals surface area contributed by atoms with Crippen LogP contribution in [0.2, 0.25) is 0 Å². The molecule has 0 saturated heterocycles. The fourth-order valence-electron chi connectivity index (χ4n) is 2.26. The normalized spacial score (nSPS) is 11.0. The Morgan fingerprint density at radius 3 is 2.36 bits per heavy atom. The number of ether oxygens (including phenoxy) is 4. The van der Waals surface area contributed by atoms with Crippen LogP contribution in [-0.4, -0.2) is 32.1 Å². The first-order valence-corrected chi connectivity index (χ1v) is 9.99. The van der Waals surface area contributed by atoms with Gasteiger partial charge in [-0.05, 0) is 91.7 Å². The van der Waals surface area contributed by atoms with Gasteiger partial charge in [-0.2, -0.15) is 0 Å². The molecule has 152 valence electrons. The topological polar surface area (TPSA) is 66.0 Å². The first-order valence-electron chi connectivity index (χ1n) is 8.92. The van der Waals surface area contributed by atoms with E-state index in [0.29, 0.717) is 13.0 Å². The van der Waals surface area contributed by atoms with Crippen molar-refractivity contribution in [3.8, 4) is 17.2 Å². The average Bonchev–Trinajstić information content (AvgIpc) is 2.62. The lowest BCUT2D eigenvalue weighted by Crippen LogP contribution is -2.33. The lowest BCUT2D eigenvalue weighted by Gasteiger charge is -2.19. The maximum atomic E-state index is 11.7. The molecule has 0 atom stereocenters. The molecular formula is C21H26INO5. The second-order valence-electron chi connectivity index (χ2n) is 7.07. The average molecular weight is 499 g/mol. The lowest BCUT2D eigenvalue weighted by atomic mass is 10.1. The number of amides is 1. The van der Waals surface area contributed by atoms with Crippen LogP contribution in [0.4, 0.5) is 4.79 Å². The molecule has 2 aromatic rings. The lowest BCUT2D eigenvalue weighted by molar-refractivity contribution is 0.0510. The zero-order valence-corrected chi connectivity index (χ0v) is 18.7. The van der Waals surface area contributed by atoms with E-state index in [2.05, 4.69) is 27.9 Å². The summed E-state index contributed by atoms with van der Waals surface area (Å²) in [6.07, 6.45) is 0.307. The van der Waals surface area contributed by atoms with E-state index >= 15 is 0 Å². The van der Waals surface area contributed by atoms with Gasteiger partial charge < -0.3 is 24.3 Å². The monoisotopic (exact) mass is 499 g/mol. The van der Waals surface area contributed by atoms with Crippen LogP contribution in [0.15, 0.2) is 42.5 Å². The maximum absolute atomic E-state index is 11.7. The van der Waals surface area contributed by atoms with Gasteiger partial charge in [-0.25, -0.2) is 4.79 Å². The molecular weight excluding hydrogens is 473 g/mol. The minimum Gasteiger partial charge on any atom is -0.468 e. The van der Waals surface area contributed by atoms with Gasteiger partial charge in [0, 0.05) is 13.7 Å². The Morgan fingerprint density at radius 2 is 1.75 bits per heavy atom. The Hall–Kier alpha value is -2.00. The molecule has 0 aliphatic carbocycles. The molecule has 1 N–H and O–H groups in total. The number of alkyl carbamates (subject to hydrolysis) is 1. The highest BCUT2D eigenvalue weighted by molar-refractivity contribution is 14.1. The van der Waals surface area contributed by atoms with Crippen LogP contribution in [0.25, 0.3) is 0 Å². The number of benzene rings is 2. The molecule has 28 heavy (non-hydrogen) atoms. The van der Waals surface area contributed by atoms with E-state index in [0.717, 1.165) is 26.4 Å². The molecule has 1 amide bonds. The number of carbonyl (C=O) groups excluding carboxylic acids is 1. The summed E-state index contributed by atoms with van der Waals surface area (Å²) < 4.78 is 22.4. The van der Waals surface area contributed by atoms with Gasteiger partial charge in [-0.3, -0.25) is 0 Å². The number of halogens is 1. The summed E-state index contributed by atoms with van der Waals surface area (Å²) in [7, 11) is 1.58. The number of hydrogen-bond donors (Lipinski definition) is 1. The van der Waals surface area contributed by atoms with Crippen LogP contribution in [0.5, 0.6) is 17.2 Å². The Bertz CT molecular complexity index is 771. The fourth-order valence-corrected chi connectivity index (χ4v) is 2.95. The minimum atomic E-state index is -0.493. The van der Waals surface area contributed by atoms with Crippen LogP contribution >= 0.6 is 22.6 Å². The molecule has 0 unspecified atom stereocenters. The van der Waals surface area contributed by atoms with E-state index in [4.69, 9.17) is 18.9 Å². The van der Waals surface area contributed by atoms with E-state index in [1.807, 2.05) is 63.2 Å². The van der Waals surface area contributed by atoms with Crippen molar-refractivity contribution in [2.24, 2.45) is 0 Å². The molecule has 0 aliphatic heterocycles. The second kappa shape index (κ2) is 10.5. The third-order valence-electron chi connectivity index (χ3n) is 3.47. The highest BCUT2D eigenvalue weighted by Gasteiger charge is 2.15. The molecule has 0 heterocycles. The number of methoxy groups -OCH3 is 1. The third-order valence-corrected chi connectivity index (χ3v) is 4.32. The first kappa shape index (κ1) is 22.3. The highest BCUT2D eigenvalue weighted by atomic mass is 127. The van der Waals surface area contributed by atoms with Crippen LogP contribution < -0.4 is 14.8 Å². The second-order valence-corrected chi connectivity index (χ2v) is 8.23. The van der Waals surface area contributed by atoms with Crippen LogP contribution in [0.3, 0.4) is 0 Å². The molecule has 0 saturated carbocycles. The minimum absolute atomic E-state index is 0.211. The quantitative estimate of drug-likeness (QED) is 0.403. The van der Waals surface area contributed by atoms with Gasteiger partial charge in [0.15, 0.2) is 6.79 Å². The van der Waals surface area contributed by atoms with E-state index in [9.17, 15) is 4.79 Å². The SMILES string of the molecule is COCOc1ccc(Oc2ccc(CCNC(=O)OC(C)(C)C)cc2I)cc1.